The zero-order valence-corrected chi connectivity index (χ0v) is 10.5. The van der Waals surface area contributed by atoms with Crippen LogP contribution in [0.3, 0.4) is 0 Å². The van der Waals surface area contributed by atoms with Gasteiger partial charge in [-0.2, -0.15) is 14.8 Å². The van der Waals surface area contributed by atoms with Crippen LogP contribution in [0.15, 0.2) is 6.33 Å². The van der Waals surface area contributed by atoms with Gasteiger partial charge in [-0.05, 0) is 13.3 Å². The molecule has 7 heteroatoms. The van der Waals surface area contributed by atoms with Crippen molar-refractivity contribution >= 4 is 43.7 Å². The first-order valence-corrected chi connectivity index (χ1v) is 5.55. The Balaban J connectivity index is 2.32. The molecule has 1 fully saturated rings. The lowest BCUT2D eigenvalue weighted by molar-refractivity contribution is 0.0812. The number of rotatable bonds is 1. The van der Waals surface area contributed by atoms with Crippen molar-refractivity contribution in [1.29, 1.82) is 0 Å². The van der Waals surface area contributed by atoms with Gasteiger partial charge in [0.2, 0.25) is 5.95 Å². The van der Waals surface area contributed by atoms with Gasteiger partial charge in [-0.1, -0.05) is 31.9 Å². The van der Waals surface area contributed by atoms with Crippen molar-refractivity contribution in [1.82, 2.24) is 14.8 Å². The molecule has 0 bridgehead atoms. The minimum Gasteiger partial charge on any atom is -0.368 e. The molecule has 0 saturated heterocycles. The normalized spacial score (nSPS) is 28.8. The summed E-state index contributed by atoms with van der Waals surface area (Å²) in [6.45, 7) is 1.85. The quantitative estimate of drug-likeness (QED) is 0.793. The van der Waals surface area contributed by atoms with E-state index >= 15 is 0 Å². The zero-order chi connectivity index (χ0) is 10.6. The predicted molar refractivity (Wildman–Crippen MR) is 58.4 cm³/mol. The summed E-state index contributed by atoms with van der Waals surface area (Å²) in [4.78, 5) is 15.7. The molecule has 0 radical (unpaired) electrons. The first-order chi connectivity index (χ1) is 6.38. The second-order valence-electron chi connectivity index (χ2n) is 3.55. The van der Waals surface area contributed by atoms with E-state index in [9.17, 15) is 4.79 Å². The maximum atomic E-state index is 11.9. The maximum absolute atomic E-state index is 11.9. The fourth-order valence-electron chi connectivity index (χ4n) is 1.27. The molecule has 0 amide bonds. The fraction of sp³-hybridized carbons (Fsp3) is 0.571. The third-order valence-corrected chi connectivity index (χ3v) is 4.81. The number of nitrogen functional groups attached to an aromatic ring is 1. The number of aromatic nitrogens is 3. The van der Waals surface area contributed by atoms with Gasteiger partial charge in [0.25, 0.3) is 5.91 Å². The van der Waals surface area contributed by atoms with E-state index in [4.69, 9.17) is 5.73 Å². The molecule has 1 aromatic rings. The number of anilines is 1. The lowest BCUT2D eigenvalue weighted by Gasteiger charge is -2.10. The van der Waals surface area contributed by atoms with Gasteiger partial charge in [0.1, 0.15) is 6.33 Å². The summed E-state index contributed by atoms with van der Waals surface area (Å²) in [5.74, 6) is -0.0276. The highest BCUT2D eigenvalue weighted by Gasteiger charge is 2.67. The molecule has 1 unspecified atom stereocenters. The van der Waals surface area contributed by atoms with Crippen molar-refractivity contribution < 1.29 is 4.79 Å². The van der Waals surface area contributed by atoms with Crippen molar-refractivity contribution in [3.05, 3.63) is 6.33 Å². The average molecular weight is 324 g/mol. The van der Waals surface area contributed by atoms with E-state index in [1.165, 1.54) is 6.33 Å². The highest BCUT2D eigenvalue weighted by Crippen LogP contribution is 2.66. The third kappa shape index (κ3) is 1.22. The van der Waals surface area contributed by atoms with E-state index in [0.29, 0.717) is 6.42 Å². The summed E-state index contributed by atoms with van der Waals surface area (Å²) in [6.07, 6.45) is 1.97. The standard InChI is InChI=1S/C7H8Br2N4O/c1-6(2-7(6,8)9)4(14)13-5(10)11-3-12-13/h3H,2H2,1H3,(H2,10,11,12). The van der Waals surface area contributed by atoms with Gasteiger partial charge in [0.15, 0.2) is 0 Å². The zero-order valence-electron chi connectivity index (χ0n) is 7.37. The van der Waals surface area contributed by atoms with Crippen LogP contribution < -0.4 is 5.73 Å². The van der Waals surface area contributed by atoms with Crippen LogP contribution in [-0.4, -0.2) is 23.9 Å². The Kier molecular flexibility index (Phi) is 2.01. The monoisotopic (exact) mass is 322 g/mol. The third-order valence-electron chi connectivity index (χ3n) is 2.50. The smallest absolute Gasteiger partial charge is 0.258 e. The van der Waals surface area contributed by atoms with Gasteiger partial charge in [-0.25, -0.2) is 0 Å². The SMILES string of the molecule is CC1(C(=O)n2ncnc2N)CC1(Br)Br. The van der Waals surface area contributed by atoms with Gasteiger partial charge >= 0.3 is 0 Å². The number of nitrogens with two attached hydrogens (primary N) is 1. The minimum atomic E-state index is -0.505. The summed E-state index contributed by atoms with van der Waals surface area (Å²) in [5.41, 5.74) is 4.99. The van der Waals surface area contributed by atoms with Crippen LogP contribution in [0, 0.1) is 5.41 Å². The summed E-state index contributed by atoms with van der Waals surface area (Å²) in [5, 5.41) is 3.78. The van der Waals surface area contributed by atoms with Gasteiger partial charge in [0, 0.05) is 0 Å². The molecule has 1 atom stereocenters. The highest BCUT2D eigenvalue weighted by atomic mass is 79.9. The van der Waals surface area contributed by atoms with Crippen LogP contribution in [0.4, 0.5) is 5.95 Å². The molecule has 2 N–H and O–H groups in total. The number of alkyl halides is 2. The maximum Gasteiger partial charge on any atom is 0.258 e. The number of carbonyl (C=O) groups is 1. The summed E-state index contributed by atoms with van der Waals surface area (Å²) < 4.78 is 0.798. The molecule has 76 valence electrons. The molecule has 5 nitrogen and oxygen atoms in total. The Morgan fingerprint density at radius 1 is 1.71 bits per heavy atom. The minimum absolute atomic E-state index is 0.124. The van der Waals surface area contributed by atoms with Crippen LogP contribution in [0.5, 0.6) is 0 Å². The lowest BCUT2D eigenvalue weighted by Crippen LogP contribution is -2.26. The second kappa shape index (κ2) is 2.79. The summed E-state index contributed by atoms with van der Waals surface area (Å²) in [6, 6.07) is 0. The Morgan fingerprint density at radius 2 is 2.29 bits per heavy atom. The van der Waals surface area contributed by atoms with Crippen molar-refractivity contribution in [3.63, 3.8) is 0 Å². The topological polar surface area (TPSA) is 73.8 Å². The van der Waals surface area contributed by atoms with E-state index in [-0.39, 0.29) is 15.1 Å². The van der Waals surface area contributed by atoms with Crippen LogP contribution in [0.25, 0.3) is 0 Å². The lowest BCUT2D eigenvalue weighted by atomic mass is 10.1. The van der Waals surface area contributed by atoms with Gasteiger partial charge in [-0.3, -0.25) is 4.79 Å². The first-order valence-electron chi connectivity index (χ1n) is 3.97. The predicted octanol–water partition coefficient (Wildman–Crippen LogP) is 1.40. The summed E-state index contributed by atoms with van der Waals surface area (Å²) in [7, 11) is 0. The number of carbonyl (C=O) groups excluding carboxylic acids is 1. The van der Waals surface area contributed by atoms with E-state index < -0.39 is 5.41 Å². The van der Waals surface area contributed by atoms with Gasteiger partial charge < -0.3 is 5.73 Å². The van der Waals surface area contributed by atoms with Crippen molar-refractivity contribution in [2.75, 3.05) is 5.73 Å². The molecule has 1 saturated carbocycles. The van der Waals surface area contributed by atoms with Crippen molar-refractivity contribution in [2.24, 2.45) is 5.41 Å². The highest BCUT2D eigenvalue weighted by molar-refractivity contribution is 9.25. The molecule has 0 spiro atoms. The number of hydrogen-bond donors (Lipinski definition) is 1. The number of halogens is 2. The Morgan fingerprint density at radius 3 is 2.64 bits per heavy atom. The van der Waals surface area contributed by atoms with Gasteiger partial charge in [0.05, 0.1) is 8.65 Å². The molecule has 0 aliphatic heterocycles. The number of hydrogen-bond acceptors (Lipinski definition) is 4. The van der Waals surface area contributed by atoms with Crippen molar-refractivity contribution in [2.45, 2.75) is 16.6 Å². The van der Waals surface area contributed by atoms with Crippen LogP contribution in [0.1, 0.15) is 18.1 Å². The van der Waals surface area contributed by atoms with E-state index in [1.807, 2.05) is 6.92 Å². The number of nitrogens with zero attached hydrogens (tertiary/aromatic N) is 3. The van der Waals surface area contributed by atoms with E-state index in [1.54, 1.807) is 0 Å². The van der Waals surface area contributed by atoms with Crippen LogP contribution in [-0.2, 0) is 0 Å². The first kappa shape index (κ1) is 10.1. The molecule has 1 heterocycles. The molecule has 2 rings (SSSR count). The van der Waals surface area contributed by atoms with E-state index in [0.717, 1.165) is 4.68 Å². The van der Waals surface area contributed by atoms with Gasteiger partial charge in [-0.15, -0.1) is 0 Å². The second-order valence-corrected chi connectivity index (χ2v) is 7.32. The molecular weight excluding hydrogens is 316 g/mol. The Bertz CT molecular complexity index is 402. The molecule has 0 aromatic carbocycles. The Labute approximate surface area is 97.3 Å². The molecule has 1 aromatic heterocycles. The molecule has 14 heavy (non-hydrogen) atoms. The average Bonchev–Trinajstić information content (AvgIpc) is 2.46. The van der Waals surface area contributed by atoms with Crippen LogP contribution >= 0.6 is 31.9 Å². The largest absolute Gasteiger partial charge is 0.368 e. The van der Waals surface area contributed by atoms with Crippen molar-refractivity contribution in [3.8, 4) is 0 Å². The fourth-order valence-corrected chi connectivity index (χ4v) is 2.73. The molecule has 1 aliphatic carbocycles. The molecule has 1 aliphatic rings. The van der Waals surface area contributed by atoms with E-state index in [2.05, 4.69) is 41.9 Å². The summed E-state index contributed by atoms with van der Waals surface area (Å²) >= 11 is 6.83. The Hall–Kier alpha value is -0.430. The molecular formula is C7H8Br2N4O. The van der Waals surface area contributed by atoms with Crippen LogP contribution in [0.2, 0.25) is 0 Å².